The van der Waals surface area contributed by atoms with Crippen molar-refractivity contribution in [1.29, 1.82) is 0 Å². The van der Waals surface area contributed by atoms with Gasteiger partial charge in [0.1, 0.15) is 17.0 Å². The van der Waals surface area contributed by atoms with E-state index in [2.05, 4.69) is 9.97 Å². The minimum atomic E-state index is -0.533. The van der Waals surface area contributed by atoms with Crippen LogP contribution in [0, 0.1) is 0 Å². The molecule has 0 aromatic carbocycles. The van der Waals surface area contributed by atoms with Crippen molar-refractivity contribution in [3.8, 4) is 11.4 Å². The van der Waals surface area contributed by atoms with Crippen molar-refractivity contribution >= 4 is 23.8 Å². The first kappa shape index (κ1) is 23.1. The van der Waals surface area contributed by atoms with E-state index < -0.39 is 11.6 Å². The van der Waals surface area contributed by atoms with Gasteiger partial charge in [0.05, 0.1) is 18.3 Å². The highest BCUT2D eigenvalue weighted by Crippen LogP contribution is 2.28. The maximum atomic E-state index is 12.6. The maximum absolute atomic E-state index is 12.6. The molecule has 0 aliphatic carbocycles. The van der Waals surface area contributed by atoms with Gasteiger partial charge in [-0.15, -0.1) is 0 Å². The predicted molar refractivity (Wildman–Crippen MR) is 117 cm³/mol. The number of carbonyl (C=O) groups is 2. The molecule has 9 nitrogen and oxygen atoms in total. The molecule has 0 saturated carbocycles. The Morgan fingerprint density at radius 3 is 2.55 bits per heavy atom. The number of hydrogen-bond acceptors (Lipinski definition) is 8. The van der Waals surface area contributed by atoms with Crippen LogP contribution < -0.4 is 0 Å². The third kappa shape index (κ3) is 5.75. The van der Waals surface area contributed by atoms with Crippen LogP contribution in [0.4, 0.5) is 4.79 Å². The SMILES string of the molecule is CCOC(=O)c1cc(-c2ccnc(SC)n2)nn1C1CCN(C(=O)OC(C)(C)C)CC1. The molecule has 0 bridgehead atoms. The van der Waals surface area contributed by atoms with Gasteiger partial charge in [-0.25, -0.2) is 19.6 Å². The molecule has 0 unspecified atom stereocenters. The van der Waals surface area contributed by atoms with E-state index in [0.717, 1.165) is 0 Å². The van der Waals surface area contributed by atoms with Gasteiger partial charge in [-0.3, -0.25) is 4.68 Å². The van der Waals surface area contributed by atoms with E-state index in [9.17, 15) is 9.59 Å². The monoisotopic (exact) mass is 447 g/mol. The van der Waals surface area contributed by atoms with E-state index in [1.54, 1.807) is 34.8 Å². The van der Waals surface area contributed by atoms with Crippen molar-refractivity contribution < 1.29 is 19.1 Å². The molecule has 1 aliphatic heterocycles. The van der Waals surface area contributed by atoms with Gasteiger partial charge in [0.25, 0.3) is 0 Å². The van der Waals surface area contributed by atoms with Crippen LogP contribution in [-0.4, -0.2) is 68.3 Å². The average molecular weight is 448 g/mol. The summed E-state index contributed by atoms with van der Waals surface area (Å²) in [6, 6.07) is 3.45. The van der Waals surface area contributed by atoms with Crippen molar-refractivity contribution in [2.24, 2.45) is 0 Å². The molecule has 1 aliphatic rings. The number of aromatic nitrogens is 4. The highest BCUT2D eigenvalue weighted by atomic mass is 32.2. The summed E-state index contributed by atoms with van der Waals surface area (Å²) in [6.07, 6.45) is 4.58. The summed E-state index contributed by atoms with van der Waals surface area (Å²) in [5, 5.41) is 5.33. The number of carbonyl (C=O) groups excluding carboxylic acids is 2. The Balaban J connectivity index is 1.82. The number of hydrogen-bond donors (Lipinski definition) is 0. The van der Waals surface area contributed by atoms with Gasteiger partial charge in [0.15, 0.2) is 5.16 Å². The number of nitrogens with zero attached hydrogens (tertiary/aromatic N) is 5. The molecule has 0 atom stereocenters. The molecule has 0 N–H and O–H groups in total. The Morgan fingerprint density at radius 2 is 1.94 bits per heavy atom. The largest absolute Gasteiger partial charge is 0.461 e. The van der Waals surface area contributed by atoms with Crippen LogP contribution >= 0.6 is 11.8 Å². The normalized spacial score (nSPS) is 15.1. The molecule has 2 aromatic heterocycles. The van der Waals surface area contributed by atoms with Gasteiger partial charge in [-0.2, -0.15) is 5.10 Å². The van der Waals surface area contributed by atoms with Gasteiger partial charge in [-0.05, 0) is 52.9 Å². The maximum Gasteiger partial charge on any atom is 0.410 e. The Hall–Kier alpha value is -2.62. The molecular weight excluding hydrogens is 418 g/mol. The number of thioether (sulfide) groups is 1. The second kappa shape index (κ2) is 9.67. The van der Waals surface area contributed by atoms with E-state index in [1.807, 2.05) is 27.0 Å². The number of piperidine rings is 1. The highest BCUT2D eigenvalue weighted by molar-refractivity contribution is 7.98. The topological polar surface area (TPSA) is 99.4 Å². The number of amides is 1. The van der Waals surface area contributed by atoms with Crippen LogP contribution in [0.5, 0.6) is 0 Å². The lowest BCUT2D eigenvalue weighted by Gasteiger charge is -2.33. The number of likely N-dealkylation sites (tertiary alicyclic amines) is 1. The lowest BCUT2D eigenvalue weighted by atomic mass is 10.1. The quantitative estimate of drug-likeness (QED) is 0.388. The Labute approximate surface area is 186 Å². The molecule has 0 radical (unpaired) electrons. The first-order valence-electron chi connectivity index (χ1n) is 10.3. The molecule has 1 saturated heterocycles. The Morgan fingerprint density at radius 1 is 1.23 bits per heavy atom. The van der Waals surface area contributed by atoms with E-state index in [1.165, 1.54) is 11.8 Å². The third-order valence-electron chi connectivity index (χ3n) is 4.76. The molecule has 1 amide bonds. The number of rotatable bonds is 5. The molecule has 2 aromatic rings. The van der Waals surface area contributed by atoms with Crippen LogP contribution in [0.1, 0.15) is 57.1 Å². The van der Waals surface area contributed by atoms with Crippen molar-refractivity contribution in [3.63, 3.8) is 0 Å². The van der Waals surface area contributed by atoms with Crippen LogP contribution in [0.25, 0.3) is 11.4 Å². The summed E-state index contributed by atoms with van der Waals surface area (Å²) in [5.41, 5.74) is 1.09. The standard InChI is InChI=1S/C21H29N5O4S/c1-6-29-18(27)17-13-16(15-7-10-22-19(23-15)31-5)24-26(17)14-8-11-25(12-9-14)20(28)30-21(2,3)4/h7,10,13-14H,6,8-9,11-12H2,1-5H3. The second-order valence-corrected chi connectivity index (χ2v) is 8.98. The predicted octanol–water partition coefficient (Wildman–Crippen LogP) is 3.81. The van der Waals surface area contributed by atoms with Crippen molar-refractivity contribution in [2.75, 3.05) is 26.0 Å². The van der Waals surface area contributed by atoms with Gasteiger partial charge in [-0.1, -0.05) is 11.8 Å². The average Bonchev–Trinajstić information content (AvgIpc) is 3.18. The summed E-state index contributed by atoms with van der Waals surface area (Å²) in [7, 11) is 0. The lowest BCUT2D eigenvalue weighted by Crippen LogP contribution is -2.42. The summed E-state index contributed by atoms with van der Waals surface area (Å²) in [4.78, 5) is 35.3. The van der Waals surface area contributed by atoms with Crippen LogP contribution in [0.2, 0.25) is 0 Å². The number of ether oxygens (including phenoxy) is 2. The summed E-state index contributed by atoms with van der Waals surface area (Å²) >= 11 is 1.44. The lowest BCUT2D eigenvalue weighted by molar-refractivity contribution is 0.0180. The molecule has 3 rings (SSSR count). The Bertz CT molecular complexity index is 932. The third-order valence-corrected chi connectivity index (χ3v) is 5.32. The highest BCUT2D eigenvalue weighted by Gasteiger charge is 2.30. The summed E-state index contributed by atoms with van der Waals surface area (Å²) in [6.45, 7) is 8.66. The molecule has 168 valence electrons. The van der Waals surface area contributed by atoms with Gasteiger partial charge in [0.2, 0.25) is 0 Å². The zero-order valence-corrected chi connectivity index (χ0v) is 19.4. The molecule has 0 spiro atoms. The molecular formula is C21H29N5O4S. The van der Waals surface area contributed by atoms with Gasteiger partial charge >= 0.3 is 12.1 Å². The van der Waals surface area contributed by atoms with Crippen LogP contribution in [0.3, 0.4) is 0 Å². The zero-order chi connectivity index (χ0) is 22.6. The molecule has 10 heteroatoms. The van der Waals surface area contributed by atoms with Crippen LogP contribution in [0.15, 0.2) is 23.5 Å². The van der Waals surface area contributed by atoms with Gasteiger partial charge in [0, 0.05) is 25.4 Å². The van der Waals surface area contributed by atoms with E-state index >= 15 is 0 Å². The van der Waals surface area contributed by atoms with Gasteiger partial charge < -0.3 is 14.4 Å². The fourth-order valence-electron chi connectivity index (χ4n) is 3.36. The van der Waals surface area contributed by atoms with Crippen LogP contribution in [-0.2, 0) is 9.47 Å². The van der Waals surface area contributed by atoms with Crippen molar-refractivity contribution in [2.45, 2.75) is 57.3 Å². The molecule has 1 fully saturated rings. The minimum Gasteiger partial charge on any atom is -0.461 e. The number of esters is 1. The van der Waals surface area contributed by atoms with E-state index in [4.69, 9.17) is 14.6 Å². The molecule has 31 heavy (non-hydrogen) atoms. The van der Waals surface area contributed by atoms with Crippen molar-refractivity contribution in [1.82, 2.24) is 24.6 Å². The fourth-order valence-corrected chi connectivity index (χ4v) is 3.71. The van der Waals surface area contributed by atoms with E-state index in [-0.39, 0.29) is 18.7 Å². The van der Waals surface area contributed by atoms with E-state index in [0.29, 0.717) is 48.2 Å². The second-order valence-electron chi connectivity index (χ2n) is 8.21. The Kier molecular flexibility index (Phi) is 7.19. The summed E-state index contributed by atoms with van der Waals surface area (Å²) in [5.74, 6) is -0.421. The minimum absolute atomic E-state index is 0.0336. The first-order valence-corrected chi connectivity index (χ1v) is 11.6. The fraction of sp³-hybridized carbons (Fsp3) is 0.571. The first-order chi connectivity index (χ1) is 14.7. The summed E-state index contributed by atoms with van der Waals surface area (Å²) < 4.78 is 12.4. The van der Waals surface area contributed by atoms with Crippen molar-refractivity contribution in [3.05, 3.63) is 24.0 Å². The smallest absolute Gasteiger partial charge is 0.410 e. The zero-order valence-electron chi connectivity index (χ0n) is 18.6. The molecule has 3 heterocycles.